The first-order chi connectivity index (χ1) is 14.9. The molecule has 14 heteroatoms. The Kier molecular flexibility index (Phi) is 8.44. The van der Waals surface area contributed by atoms with Crippen molar-refractivity contribution in [3.63, 3.8) is 0 Å². The summed E-state index contributed by atoms with van der Waals surface area (Å²) in [6, 6.07) is -1.41. The monoisotopic (exact) mass is 466 g/mol. The molecular weight excluding hydrogens is 436 g/mol. The molecule has 0 aromatic carbocycles. The molecule has 10 atom stereocenters. The van der Waals surface area contributed by atoms with Gasteiger partial charge in [0.05, 0.1) is 19.3 Å². The Bertz CT molecular complexity index is 706. The average Bonchev–Trinajstić information content (AvgIpc) is 2.71. The highest BCUT2D eigenvalue weighted by Gasteiger charge is 2.65. The van der Waals surface area contributed by atoms with E-state index in [4.69, 9.17) is 19.9 Å². The van der Waals surface area contributed by atoms with E-state index in [1.54, 1.807) is 0 Å². The number of nitrogens with zero attached hydrogens (tertiary/aromatic N) is 1. The van der Waals surface area contributed by atoms with Gasteiger partial charge in [0, 0.05) is 13.8 Å². The fourth-order valence-electron chi connectivity index (χ4n) is 4.16. The van der Waals surface area contributed by atoms with E-state index in [2.05, 4.69) is 0 Å². The van der Waals surface area contributed by atoms with Gasteiger partial charge in [-0.05, 0) is 6.92 Å². The Balaban J connectivity index is 2.50. The number of imide groups is 1. The maximum absolute atomic E-state index is 12.7. The molecule has 14 nitrogen and oxygen atoms in total. The van der Waals surface area contributed by atoms with Crippen LogP contribution in [0, 0.1) is 0 Å². The minimum absolute atomic E-state index is 0.339. The number of nitrogens with two attached hydrogens (primary N) is 1. The number of carbonyl (C=O) groups excluding carboxylic acids is 3. The van der Waals surface area contributed by atoms with Crippen LogP contribution in [-0.2, 0) is 28.6 Å². The minimum atomic E-state index is -2.64. The molecule has 0 radical (unpaired) electrons. The lowest BCUT2D eigenvalue weighted by Gasteiger charge is -2.53. The van der Waals surface area contributed by atoms with E-state index >= 15 is 0 Å². The van der Waals surface area contributed by atoms with Crippen molar-refractivity contribution < 1.29 is 59.2 Å². The molecule has 0 aromatic rings. The van der Waals surface area contributed by atoms with Crippen LogP contribution in [0.15, 0.2) is 0 Å². The minimum Gasteiger partial charge on any atom is -0.394 e. The fourth-order valence-corrected chi connectivity index (χ4v) is 4.16. The van der Waals surface area contributed by atoms with Crippen LogP contribution >= 0.6 is 0 Å². The molecule has 2 amide bonds. The first-order valence-corrected chi connectivity index (χ1v) is 9.84. The number of amides is 2. The van der Waals surface area contributed by atoms with Gasteiger partial charge in [0.2, 0.25) is 11.8 Å². The van der Waals surface area contributed by atoms with Crippen LogP contribution < -0.4 is 5.73 Å². The van der Waals surface area contributed by atoms with Gasteiger partial charge in [0.25, 0.3) is 0 Å². The normalized spacial score (nSPS) is 42.4. The lowest BCUT2D eigenvalue weighted by molar-refractivity contribution is -0.341. The highest BCUT2D eigenvalue weighted by atomic mass is 16.7. The molecule has 0 aromatic heterocycles. The van der Waals surface area contributed by atoms with E-state index in [0.717, 1.165) is 20.8 Å². The summed E-state index contributed by atoms with van der Waals surface area (Å²) >= 11 is 0. The highest BCUT2D eigenvalue weighted by molar-refractivity contribution is 6.02. The second kappa shape index (κ2) is 10.1. The Morgan fingerprint density at radius 1 is 0.938 bits per heavy atom. The maximum atomic E-state index is 12.7. The van der Waals surface area contributed by atoms with Gasteiger partial charge in [-0.25, -0.2) is 0 Å². The largest absolute Gasteiger partial charge is 0.394 e. The average molecular weight is 466 g/mol. The van der Waals surface area contributed by atoms with Gasteiger partial charge in [0.1, 0.15) is 36.6 Å². The van der Waals surface area contributed by atoms with Crippen LogP contribution in [0.25, 0.3) is 0 Å². The number of aliphatic hydroxyl groups is 6. The third-order valence-corrected chi connectivity index (χ3v) is 5.77. The third-order valence-electron chi connectivity index (χ3n) is 5.77. The van der Waals surface area contributed by atoms with Crippen molar-refractivity contribution in [2.24, 2.45) is 5.73 Å². The summed E-state index contributed by atoms with van der Waals surface area (Å²) in [5.74, 6) is -2.99. The van der Waals surface area contributed by atoms with Gasteiger partial charge in [-0.15, -0.1) is 0 Å². The number of aliphatic hydroxyl groups excluding tert-OH is 6. The molecule has 2 aliphatic rings. The highest BCUT2D eigenvalue weighted by Crippen LogP contribution is 2.38. The molecule has 2 saturated heterocycles. The van der Waals surface area contributed by atoms with E-state index in [9.17, 15) is 45.0 Å². The number of ketones is 1. The maximum Gasteiger partial charge on any atom is 0.227 e. The number of hydrogen-bond acceptors (Lipinski definition) is 13. The first kappa shape index (κ1) is 26.7. The molecule has 0 spiro atoms. The van der Waals surface area contributed by atoms with Gasteiger partial charge in [0.15, 0.2) is 23.9 Å². The Morgan fingerprint density at radius 3 is 1.91 bits per heavy atom. The molecule has 8 N–H and O–H groups in total. The SMILES string of the molecule is CC(=O)N(C(C)=O)[C@@]1(C(C)=O)[C@H](O)O[C@H](CO)[C@@H](O[C@@H]2O[C@H](CO)[C@@H](O)[C@H](O)[C@H]2N)[C@@H]1O. The summed E-state index contributed by atoms with van der Waals surface area (Å²) < 4.78 is 16.2. The van der Waals surface area contributed by atoms with Crippen LogP contribution in [0.1, 0.15) is 20.8 Å². The van der Waals surface area contributed by atoms with Gasteiger partial charge in [-0.3, -0.25) is 19.3 Å². The van der Waals surface area contributed by atoms with Crippen molar-refractivity contribution in [3.8, 4) is 0 Å². The zero-order valence-corrected chi connectivity index (χ0v) is 17.8. The zero-order chi connectivity index (χ0) is 24.5. The molecular formula is C18H30N2O12. The van der Waals surface area contributed by atoms with Gasteiger partial charge in [-0.1, -0.05) is 0 Å². The molecule has 0 aliphatic carbocycles. The zero-order valence-electron chi connectivity index (χ0n) is 17.8. The van der Waals surface area contributed by atoms with Gasteiger partial charge >= 0.3 is 0 Å². The standard InChI is InChI=1S/C18H30N2O12/c1-6(23)18(20(7(2)24)8(3)25)15(28)14(10(5-22)31-17(18)29)32-16-11(19)13(27)12(26)9(4-21)30-16/h9-17,21-22,26-29H,4-5,19H2,1-3H3/t9-,10-,11-,12-,13-,14-,15+,16+,17-,18-/m1/s1. The van der Waals surface area contributed by atoms with Crippen molar-refractivity contribution in [2.45, 2.75) is 81.6 Å². The van der Waals surface area contributed by atoms with E-state index in [1.165, 1.54) is 0 Å². The number of ether oxygens (including phenoxy) is 3. The van der Waals surface area contributed by atoms with Gasteiger partial charge < -0.3 is 50.6 Å². The molecule has 2 aliphatic heterocycles. The Hall–Kier alpha value is -1.59. The van der Waals surface area contributed by atoms with Crippen LogP contribution in [0.2, 0.25) is 0 Å². The number of hydrogen-bond donors (Lipinski definition) is 7. The van der Waals surface area contributed by atoms with Crippen molar-refractivity contribution in [3.05, 3.63) is 0 Å². The summed E-state index contributed by atoms with van der Waals surface area (Å²) in [5.41, 5.74) is 3.19. The van der Waals surface area contributed by atoms with Crippen LogP contribution in [-0.4, -0.2) is 127 Å². The second-order valence-electron chi connectivity index (χ2n) is 7.79. The summed E-state index contributed by atoms with van der Waals surface area (Å²) in [6.45, 7) is 1.21. The van der Waals surface area contributed by atoms with Crippen LogP contribution in [0.4, 0.5) is 0 Å². The van der Waals surface area contributed by atoms with Crippen molar-refractivity contribution >= 4 is 17.6 Å². The van der Waals surface area contributed by atoms with Crippen LogP contribution in [0.5, 0.6) is 0 Å². The lowest BCUT2D eigenvalue weighted by Crippen LogP contribution is -2.78. The quantitative estimate of drug-likeness (QED) is 0.194. The topological polar surface area (TPSA) is 230 Å². The molecule has 184 valence electrons. The summed E-state index contributed by atoms with van der Waals surface area (Å²) in [7, 11) is 0. The lowest BCUT2D eigenvalue weighted by atomic mass is 9.78. The molecule has 0 unspecified atom stereocenters. The third kappa shape index (κ3) is 4.31. The van der Waals surface area contributed by atoms with E-state index < -0.39 is 91.6 Å². The Morgan fingerprint density at radius 2 is 1.47 bits per heavy atom. The number of carbonyl (C=O) groups is 3. The van der Waals surface area contributed by atoms with Crippen molar-refractivity contribution in [1.82, 2.24) is 4.90 Å². The molecule has 0 bridgehead atoms. The molecule has 32 heavy (non-hydrogen) atoms. The summed E-state index contributed by atoms with van der Waals surface area (Å²) in [5, 5.41) is 60.8. The van der Waals surface area contributed by atoms with Crippen LogP contribution in [0.3, 0.4) is 0 Å². The molecule has 2 heterocycles. The second-order valence-corrected chi connectivity index (χ2v) is 7.79. The van der Waals surface area contributed by atoms with E-state index in [-0.39, 0.29) is 0 Å². The molecule has 2 rings (SSSR count). The predicted octanol–water partition coefficient (Wildman–Crippen LogP) is -5.07. The van der Waals surface area contributed by atoms with Gasteiger partial charge in [-0.2, -0.15) is 0 Å². The number of rotatable bonds is 6. The Labute approximate surface area is 183 Å². The number of Topliss-reactive ketones (excluding diaryl/α,β-unsaturated/α-hetero) is 1. The fraction of sp³-hybridized carbons (Fsp3) is 0.833. The summed E-state index contributed by atoms with van der Waals surface area (Å²) in [6.07, 6.45) is -13.6. The molecule has 0 saturated carbocycles. The first-order valence-electron chi connectivity index (χ1n) is 9.84. The van der Waals surface area contributed by atoms with Crippen molar-refractivity contribution in [1.29, 1.82) is 0 Å². The predicted molar refractivity (Wildman–Crippen MR) is 101 cm³/mol. The van der Waals surface area contributed by atoms with E-state index in [0.29, 0.717) is 4.90 Å². The van der Waals surface area contributed by atoms with Crippen molar-refractivity contribution in [2.75, 3.05) is 13.2 Å². The van der Waals surface area contributed by atoms with E-state index in [1.807, 2.05) is 0 Å². The molecule has 2 fully saturated rings. The smallest absolute Gasteiger partial charge is 0.227 e. The summed E-state index contributed by atoms with van der Waals surface area (Å²) in [4.78, 5) is 37.4.